The zero-order valence-corrected chi connectivity index (χ0v) is 13.1. The number of β-amino-alcohol motifs (C(OH)–C–C–N with tert-alkyl or cyclic N) is 1. The second kappa shape index (κ2) is 7.38. The molecule has 0 aromatic heterocycles. The Balaban J connectivity index is 1.93. The lowest BCUT2D eigenvalue weighted by Gasteiger charge is -2.33. The Morgan fingerprint density at radius 2 is 1.86 bits per heavy atom. The molecule has 0 bridgehead atoms. The van der Waals surface area contributed by atoms with E-state index in [9.17, 15) is 9.59 Å². The molecule has 0 unspecified atom stereocenters. The van der Waals surface area contributed by atoms with Gasteiger partial charge in [0.2, 0.25) is 0 Å². The lowest BCUT2D eigenvalue weighted by Crippen LogP contribution is -2.52. The Morgan fingerprint density at radius 3 is 2.50 bits per heavy atom. The quantitative estimate of drug-likeness (QED) is 0.792. The summed E-state index contributed by atoms with van der Waals surface area (Å²) >= 11 is 0. The lowest BCUT2D eigenvalue weighted by molar-refractivity contribution is -0.144. The van der Waals surface area contributed by atoms with Crippen LogP contribution in [0.5, 0.6) is 0 Å². The molecule has 6 nitrogen and oxygen atoms in total. The molecule has 1 aromatic carbocycles. The molecule has 22 heavy (non-hydrogen) atoms. The van der Waals surface area contributed by atoms with Gasteiger partial charge in [0, 0.05) is 38.4 Å². The van der Waals surface area contributed by atoms with E-state index in [1.165, 1.54) is 0 Å². The molecular formula is C16H23N3O3. The van der Waals surface area contributed by atoms with Gasteiger partial charge in [-0.15, -0.1) is 0 Å². The van der Waals surface area contributed by atoms with Gasteiger partial charge < -0.3 is 15.3 Å². The Morgan fingerprint density at radius 1 is 1.18 bits per heavy atom. The fourth-order valence-electron chi connectivity index (χ4n) is 2.52. The van der Waals surface area contributed by atoms with E-state index in [1.807, 2.05) is 26.0 Å². The maximum absolute atomic E-state index is 12.2. The van der Waals surface area contributed by atoms with Crippen LogP contribution in [-0.2, 0) is 9.59 Å². The summed E-state index contributed by atoms with van der Waals surface area (Å²) in [5.41, 5.74) is 2.72. The predicted octanol–water partition coefficient (Wildman–Crippen LogP) is 0.378. The van der Waals surface area contributed by atoms with Gasteiger partial charge in [-0.3, -0.25) is 14.5 Å². The van der Waals surface area contributed by atoms with Gasteiger partial charge in [0.05, 0.1) is 6.61 Å². The number of rotatable bonds is 3. The van der Waals surface area contributed by atoms with Crippen molar-refractivity contribution in [3.8, 4) is 0 Å². The molecule has 1 saturated heterocycles. The Kier molecular flexibility index (Phi) is 5.51. The topological polar surface area (TPSA) is 72.9 Å². The number of aryl methyl sites for hydroxylation is 1. The number of carbonyl (C=O) groups is 2. The summed E-state index contributed by atoms with van der Waals surface area (Å²) in [6, 6.07) is 5.62. The molecule has 0 spiro atoms. The van der Waals surface area contributed by atoms with Crippen LogP contribution in [0.3, 0.4) is 0 Å². The molecule has 1 fully saturated rings. The van der Waals surface area contributed by atoms with Crippen molar-refractivity contribution in [1.29, 1.82) is 0 Å². The SMILES string of the molecule is Cc1cccc(NC(=O)C(=O)N2CCN(CCO)CC2)c1C. The number of carbonyl (C=O) groups excluding carboxylic acids is 2. The van der Waals surface area contributed by atoms with Crippen LogP contribution in [0, 0.1) is 13.8 Å². The molecule has 1 aliphatic heterocycles. The van der Waals surface area contributed by atoms with Crippen molar-refractivity contribution >= 4 is 17.5 Å². The van der Waals surface area contributed by atoms with Crippen LogP contribution in [0.25, 0.3) is 0 Å². The first kappa shape index (κ1) is 16.5. The van der Waals surface area contributed by atoms with E-state index in [0.717, 1.165) is 11.1 Å². The number of piperazine rings is 1. The lowest BCUT2D eigenvalue weighted by atomic mass is 10.1. The third-order valence-corrected chi connectivity index (χ3v) is 4.12. The summed E-state index contributed by atoms with van der Waals surface area (Å²) in [5.74, 6) is -1.09. The van der Waals surface area contributed by atoms with Gasteiger partial charge in [-0.05, 0) is 31.0 Å². The molecular weight excluding hydrogens is 282 g/mol. The smallest absolute Gasteiger partial charge is 0.313 e. The van der Waals surface area contributed by atoms with Gasteiger partial charge in [-0.2, -0.15) is 0 Å². The van der Waals surface area contributed by atoms with Gasteiger partial charge in [-0.25, -0.2) is 0 Å². The molecule has 2 rings (SSSR count). The van der Waals surface area contributed by atoms with Crippen molar-refractivity contribution in [2.75, 3.05) is 44.6 Å². The zero-order chi connectivity index (χ0) is 16.1. The highest BCUT2D eigenvalue weighted by Crippen LogP contribution is 2.18. The Hall–Kier alpha value is -1.92. The van der Waals surface area contributed by atoms with Crippen molar-refractivity contribution in [2.45, 2.75) is 13.8 Å². The number of nitrogens with one attached hydrogen (secondary N) is 1. The highest BCUT2D eigenvalue weighted by Gasteiger charge is 2.26. The molecule has 0 saturated carbocycles. The van der Waals surface area contributed by atoms with Crippen molar-refractivity contribution in [2.24, 2.45) is 0 Å². The number of hydrogen-bond acceptors (Lipinski definition) is 4. The number of benzene rings is 1. The standard InChI is InChI=1S/C16H23N3O3/c1-12-4-3-5-14(13(12)2)17-15(21)16(22)19-8-6-18(7-9-19)10-11-20/h3-5,20H,6-11H2,1-2H3,(H,17,21). The zero-order valence-electron chi connectivity index (χ0n) is 13.1. The largest absolute Gasteiger partial charge is 0.395 e. The van der Waals surface area contributed by atoms with Crippen LogP contribution in [0.15, 0.2) is 18.2 Å². The summed E-state index contributed by atoms with van der Waals surface area (Å²) in [6.07, 6.45) is 0. The number of aliphatic hydroxyl groups excluding tert-OH is 1. The number of aliphatic hydroxyl groups is 1. The molecule has 2 amide bonds. The molecule has 0 radical (unpaired) electrons. The van der Waals surface area contributed by atoms with Crippen LogP contribution in [0.2, 0.25) is 0 Å². The molecule has 0 aliphatic carbocycles. The Labute approximate surface area is 130 Å². The summed E-state index contributed by atoms with van der Waals surface area (Å²) in [6.45, 7) is 7.00. The van der Waals surface area contributed by atoms with E-state index in [1.54, 1.807) is 11.0 Å². The molecule has 1 aliphatic rings. The summed E-state index contributed by atoms with van der Waals surface area (Å²) in [5, 5.41) is 11.6. The number of anilines is 1. The highest BCUT2D eigenvalue weighted by atomic mass is 16.3. The van der Waals surface area contributed by atoms with Gasteiger partial charge in [0.1, 0.15) is 0 Å². The third-order valence-electron chi connectivity index (χ3n) is 4.12. The number of nitrogens with zero attached hydrogens (tertiary/aromatic N) is 2. The van der Waals surface area contributed by atoms with Crippen LogP contribution >= 0.6 is 0 Å². The molecule has 6 heteroatoms. The maximum Gasteiger partial charge on any atom is 0.313 e. The summed E-state index contributed by atoms with van der Waals surface area (Å²) < 4.78 is 0. The molecule has 1 heterocycles. The van der Waals surface area contributed by atoms with Crippen LogP contribution < -0.4 is 5.32 Å². The molecule has 2 N–H and O–H groups in total. The second-order valence-electron chi connectivity index (χ2n) is 5.56. The molecule has 120 valence electrons. The average Bonchev–Trinajstić information content (AvgIpc) is 2.52. The van der Waals surface area contributed by atoms with Crippen LogP contribution in [0.4, 0.5) is 5.69 Å². The van der Waals surface area contributed by atoms with Crippen LogP contribution in [0.1, 0.15) is 11.1 Å². The van der Waals surface area contributed by atoms with Crippen molar-refractivity contribution < 1.29 is 14.7 Å². The summed E-state index contributed by atoms with van der Waals surface area (Å²) in [7, 11) is 0. The summed E-state index contributed by atoms with van der Waals surface area (Å²) in [4.78, 5) is 28.0. The third kappa shape index (κ3) is 3.84. The highest BCUT2D eigenvalue weighted by molar-refractivity contribution is 6.39. The van der Waals surface area contributed by atoms with Crippen molar-refractivity contribution in [3.63, 3.8) is 0 Å². The number of hydrogen-bond donors (Lipinski definition) is 2. The average molecular weight is 305 g/mol. The maximum atomic E-state index is 12.2. The van der Waals surface area contributed by atoms with E-state index in [4.69, 9.17) is 5.11 Å². The second-order valence-corrected chi connectivity index (χ2v) is 5.56. The van der Waals surface area contributed by atoms with Crippen molar-refractivity contribution in [3.05, 3.63) is 29.3 Å². The van der Waals surface area contributed by atoms with E-state index in [0.29, 0.717) is 38.4 Å². The van der Waals surface area contributed by atoms with Gasteiger partial charge in [0.25, 0.3) is 0 Å². The van der Waals surface area contributed by atoms with Gasteiger partial charge in [0.15, 0.2) is 0 Å². The van der Waals surface area contributed by atoms with E-state index >= 15 is 0 Å². The van der Waals surface area contributed by atoms with E-state index in [2.05, 4.69) is 10.2 Å². The minimum atomic E-state index is -0.593. The van der Waals surface area contributed by atoms with E-state index in [-0.39, 0.29) is 6.61 Å². The van der Waals surface area contributed by atoms with E-state index < -0.39 is 11.8 Å². The van der Waals surface area contributed by atoms with Gasteiger partial charge >= 0.3 is 11.8 Å². The monoisotopic (exact) mass is 305 g/mol. The molecule has 0 atom stereocenters. The minimum absolute atomic E-state index is 0.112. The molecule has 1 aromatic rings. The first-order chi connectivity index (χ1) is 10.5. The first-order valence-corrected chi connectivity index (χ1v) is 7.52. The predicted molar refractivity (Wildman–Crippen MR) is 84.7 cm³/mol. The normalized spacial score (nSPS) is 15.7. The number of amides is 2. The minimum Gasteiger partial charge on any atom is -0.395 e. The first-order valence-electron chi connectivity index (χ1n) is 7.52. The van der Waals surface area contributed by atoms with Crippen LogP contribution in [-0.4, -0.2) is 66.1 Å². The Bertz CT molecular complexity index is 552. The van der Waals surface area contributed by atoms with Crippen molar-refractivity contribution in [1.82, 2.24) is 9.80 Å². The fourth-order valence-corrected chi connectivity index (χ4v) is 2.52. The fraction of sp³-hybridized carbons (Fsp3) is 0.500. The van der Waals surface area contributed by atoms with Gasteiger partial charge in [-0.1, -0.05) is 12.1 Å².